The van der Waals surface area contributed by atoms with Gasteiger partial charge in [0.05, 0.1) is 11.0 Å². The number of carbonyl (C=O) groups is 2. The SMILES string of the molecule is CCC(C)(C)C(=O)OC1=C2CCC3CC(OCC(=O)OC(C)(C)C)(C1)CC23. The standard InChI is InChI=1S/C22H34O5/c1-7-21(5,6)19(24)26-17-12-22(25-13-18(23)27-20(2,3)4)10-14-8-9-15(17)16(14)11-22/h14,16H,7-13H2,1-6H3. The van der Waals surface area contributed by atoms with Crippen molar-refractivity contribution in [3.8, 4) is 0 Å². The van der Waals surface area contributed by atoms with Crippen LogP contribution < -0.4 is 0 Å². The Morgan fingerprint density at radius 2 is 1.85 bits per heavy atom. The Morgan fingerprint density at radius 3 is 2.48 bits per heavy atom. The average Bonchev–Trinajstić information content (AvgIpc) is 3.05. The molecule has 5 heteroatoms. The van der Waals surface area contributed by atoms with E-state index < -0.39 is 16.6 Å². The maximum absolute atomic E-state index is 12.6. The molecule has 0 aromatic heterocycles. The summed E-state index contributed by atoms with van der Waals surface area (Å²) in [5.74, 6) is 1.31. The first kappa shape index (κ1) is 20.4. The summed E-state index contributed by atoms with van der Waals surface area (Å²) < 4.78 is 17.4. The highest BCUT2D eigenvalue weighted by Crippen LogP contribution is 2.59. The minimum Gasteiger partial charge on any atom is -0.458 e. The van der Waals surface area contributed by atoms with Crippen LogP contribution in [0.15, 0.2) is 11.3 Å². The molecule has 0 aromatic rings. The second kappa shape index (κ2) is 6.91. The molecule has 2 bridgehead atoms. The quantitative estimate of drug-likeness (QED) is 0.635. The molecule has 2 saturated carbocycles. The van der Waals surface area contributed by atoms with E-state index >= 15 is 0 Å². The topological polar surface area (TPSA) is 61.8 Å². The lowest BCUT2D eigenvalue weighted by Gasteiger charge is -2.36. The summed E-state index contributed by atoms with van der Waals surface area (Å²) in [6.45, 7) is 11.4. The largest absolute Gasteiger partial charge is 0.458 e. The van der Waals surface area contributed by atoms with E-state index in [1.807, 2.05) is 41.5 Å². The van der Waals surface area contributed by atoms with Gasteiger partial charge in [0.2, 0.25) is 0 Å². The molecule has 3 aliphatic rings. The Balaban J connectivity index is 1.71. The van der Waals surface area contributed by atoms with Gasteiger partial charge in [0, 0.05) is 6.42 Å². The van der Waals surface area contributed by atoms with Crippen molar-refractivity contribution in [3.05, 3.63) is 11.3 Å². The molecule has 0 amide bonds. The highest BCUT2D eigenvalue weighted by Gasteiger charge is 2.55. The Labute approximate surface area is 162 Å². The van der Waals surface area contributed by atoms with Crippen molar-refractivity contribution in [1.29, 1.82) is 0 Å². The van der Waals surface area contributed by atoms with Gasteiger partial charge in [-0.05, 0) is 84.1 Å². The van der Waals surface area contributed by atoms with Crippen LogP contribution in [0.2, 0.25) is 0 Å². The molecular formula is C22H34O5. The minimum atomic E-state index is -0.518. The van der Waals surface area contributed by atoms with E-state index in [1.165, 1.54) is 5.57 Å². The fourth-order valence-corrected chi connectivity index (χ4v) is 4.65. The molecular weight excluding hydrogens is 344 g/mol. The number of rotatable bonds is 6. The van der Waals surface area contributed by atoms with Gasteiger partial charge >= 0.3 is 11.9 Å². The monoisotopic (exact) mass is 378 g/mol. The van der Waals surface area contributed by atoms with Crippen LogP contribution in [-0.2, 0) is 23.8 Å². The second-order valence-electron chi connectivity index (χ2n) is 10.1. The molecule has 27 heavy (non-hydrogen) atoms. The fraction of sp³-hybridized carbons (Fsp3) is 0.818. The smallest absolute Gasteiger partial charge is 0.332 e. The first-order chi connectivity index (χ1) is 12.4. The van der Waals surface area contributed by atoms with Crippen molar-refractivity contribution in [2.24, 2.45) is 17.3 Å². The summed E-state index contributed by atoms with van der Waals surface area (Å²) in [7, 11) is 0. The van der Waals surface area contributed by atoms with Gasteiger partial charge < -0.3 is 14.2 Å². The number of allylic oxidation sites excluding steroid dienone is 1. The van der Waals surface area contributed by atoms with Crippen molar-refractivity contribution in [3.63, 3.8) is 0 Å². The van der Waals surface area contributed by atoms with Crippen molar-refractivity contribution in [2.75, 3.05) is 6.61 Å². The maximum Gasteiger partial charge on any atom is 0.332 e. The lowest BCUT2D eigenvalue weighted by atomic mass is 9.84. The van der Waals surface area contributed by atoms with E-state index in [0.29, 0.717) is 18.3 Å². The van der Waals surface area contributed by atoms with E-state index in [-0.39, 0.29) is 18.5 Å². The Hall–Kier alpha value is -1.36. The first-order valence-electron chi connectivity index (χ1n) is 10.2. The molecule has 0 saturated heterocycles. The summed E-state index contributed by atoms with van der Waals surface area (Å²) in [6, 6.07) is 0. The predicted molar refractivity (Wildman–Crippen MR) is 102 cm³/mol. The van der Waals surface area contributed by atoms with E-state index in [4.69, 9.17) is 14.2 Å². The molecule has 3 aliphatic carbocycles. The Morgan fingerprint density at radius 1 is 1.15 bits per heavy atom. The molecule has 0 aromatic carbocycles. The number of fused-ring (bicyclic) bond motifs is 1. The Bertz CT molecular complexity index is 654. The summed E-state index contributed by atoms with van der Waals surface area (Å²) >= 11 is 0. The van der Waals surface area contributed by atoms with Gasteiger partial charge in [0.25, 0.3) is 0 Å². The molecule has 2 fully saturated rings. The molecule has 152 valence electrons. The molecule has 0 aliphatic heterocycles. The predicted octanol–water partition coefficient (Wildman–Crippen LogP) is 4.54. The summed E-state index contributed by atoms with van der Waals surface area (Å²) in [4.78, 5) is 24.7. The van der Waals surface area contributed by atoms with Gasteiger partial charge in [-0.3, -0.25) is 4.79 Å². The van der Waals surface area contributed by atoms with Gasteiger partial charge in [-0.25, -0.2) is 4.79 Å². The first-order valence-corrected chi connectivity index (χ1v) is 10.2. The zero-order valence-corrected chi connectivity index (χ0v) is 17.6. The molecule has 3 unspecified atom stereocenters. The highest BCUT2D eigenvalue weighted by molar-refractivity contribution is 5.77. The van der Waals surface area contributed by atoms with Crippen molar-refractivity contribution < 1.29 is 23.8 Å². The molecule has 3 atom stereocenters. The molecule has 5 nitrogen and oxygen atoms in total. The van der Waals surface area contributed by atoms with Crippen LogP contribution in [0.5, 0.6) is 0 Å². The van der Waals surface area contributed by atoms with Crippen molar-refractivity contribution in [2.45, 2.75) is 91.3 Å². The third kappa shape index (κ3) is 4.23. The number of ether oxygens (including phenoxy) is 3. The summed E-state index contributed by atoms with van der Waals surface area (Å²) in [5, 5.41) is 0. The highest BCUT2D eigenvalue weighted by atomic mass is 16.6. The number of hydrogen-bond donors (Lipinski definition) is 0. The summed E-state index contributed by atoms with van der Waals surface area (Å²) in [5.41, 5.74) is -0.0975. The molecule has 0 radical (unpaired) electrons. The minimum absolute atomic E-state index is 0.0479. The van der Waals surface area contributed by atoms with E-state index in [2.05, 4.69) is 0 Å². The van der Waals surface area contributed by atoms with E-state index in [9.17, 15) is 9.59 Å². The van der Waals surface area contributed by atoms with Crippen molar-refractivity contribution in [1.82, 2.24) is 0 Å². The average molecular weight is 379 g/mol. The van der Waals surface area contributed by atoms with Crippen LogP contribution in [0.25, 0.3) is 0 Å². The second-order valence-corrected chi connectivity index (χ2v) is 10.1. The third-order valence-electron chi connectivity index (χ3n) is 6.44. The van der Waals surface area contributed by atoms with Crippen LogP contribution in [0.4, 0.5) is 0 Å². The van der Waals surface area contributed by atoms with Crippen molar-refractivity contribution >= 4 is 11.9 Å². The van der Waals surface area contributed by atoms with E-state index in [1.54, 1.807) is 0 Å². The number of hydrogen-bond acceptors (Lipinski definition) is 5. The van der Waals surface area contributed by atoms with Gasteiger partial charge in [-0.2, -0.15) is 0 Å². The van der Waals surface area contributed by atoms with Gasteiger partial charge in [0.1, 0.15) is 18.0 Å². The molecule has 0 spiro atoms. The van der Waals surface area contributed by atoms with Crippen LogP contribution in [0.3, 0.4) is 0 Å². The summed E-state index contributed by atoms with van der Waals surface area (Å²) in [6.07, 6.45) is 5.32. The normalized spacial score (nSPS) is 29.9. The zero-order valence-electron chi connectivity index (χ0n) is 17.6. The lowest BCUT2D eigenvalue weighted by Crippen LogP contribution is -2.38. The molecule has 3 rings (SSSR count). The maximum atomic E-state index is 12.6. The fourth-order valence-electron chi connectivity index (χ4n) is 4.65. The third-order valence-corrected chi connectivity index (χ3v) is 6.44. The van der Waals surface area contributed by atoms with Gasteiger partial charge in [0.15, 0.2) is 0 Å². The van der Waals surface area contributed by atoms with E-state index in [0.717, 1.165) is 37.9 Å². The van der Waals surface area contributed by atoms with Crippen LogP contribution in [0.1, 0.15) is 80.1 Å². The lowest BCUT2D eigenvalue weighted by molar-refractivity contribution is -0.169. The van der Waals surface area contributed by atoms with Crippen LogP contribution in [-0.4, -0.2) is 29.7 Å². The van der Waals surface area contributed by atoms with Gasteiger partial charge in [-0.1, -0.05) is 6.92 Å². The molecule has 0 N–H and O–H groups in total. The van der Waals surface area contributed by atoms with Crippen LogP contribution >= 0.6 is 0 Å². The number of carbonyl (C=O) groups excluding carboxylic acids is 2. The zero-order chi connectivity index (χ0) is 20.0. The number of esters is 2. The molecule has 0 heterocycles. The Kier molecular flexibility index (Phi) is 5.21. The van der Waals surface area contributed by atoms with Gasteiger partial charge in [-0.15, -0.1) is 0 Å². The van der Waals surface area contributed by atoms with Crippen LogP contribution in [0, 0.1) is 17.3 Å².